The van der Waals surface area contributed by atoms with E-state index in [0.29, 0.717) is 11.1 Å². The Morgan fingerprint density at radius 1 is 0.540 bits per heavy atom. The molecule has 4 nitrogen and oxygen atoms in total. The molecule has 0 spiro atoms. The number of benzene rings is 6. The number of thiophene rings is 2. The molecule has 0 saturated carbocycles. The third-order valence-corrected chi connectivity index (χ3v) is 12.9. The highest BCUT2D eigenvalue weighted by molar-refractivity contribution is 7.26. The molecule has 1 aliphatic carbocycles. The molecule has 4 heterocycles. The molecule has 0 fully saturated rings. The van der Waals surface area contributed by atoms with E-state index in [1.807, 2.05) is 11.3 Å². The van der Waals surface area contributed by atoms with Crippen LogP contribution in [0.2, 0.25) is 0 Å². The molecule has 0 N–H and O–H groups in total. The molecule has 11 rings (SSSR count). The Morgan fingerprint density at radius 2 is 1.10 bits per heavy atom. The maximum atomic E-state index is 10.7. The Kier molecular flexibility index (Phi) is 5.64. The quantitative estimate of drug-likeness (QED) is 0.183. The summed E-state index contributed by atoms with van der Waals surface area (Å²) in [7, 11) is 0. The first-order chi connectivity index (χ1) is 24.7. The average molecular weight is 673 g/mol. The van der Waals surface area contributed by atoms with Gasteiger partial charge in [0.25, 0.3) is 0 Å². The van der Waals surface area contributed by atoms with Crippen LogP contribution in [0.3, 0.4) is 0 Å². The molecule has 1 aliphatic rings. The van der Waals surface area contributed by atoms with Crippen LogP contribution in [0.5, 0.6) is 0 Å². The van der Waals surface area contributed by atoms with Gasteiger partial charge in [-0.15, -0.1) is 22.7 Å². The van der Waals surface area contributed by atoms with Gasteiger partial charge in [-0.1, -0.05) is 91.0 Å². The van der Waals surface area contributed by atoms with Gasteiger partial charge in [0.05, 0.1) is 54.0 Å². The van der Waals surface area contributed by atoms with E-state index in [1.165, 1.54) is 40.7 Å². The van der Waals surface area contributed by atoms with Crippen molar-refractivity contribution >= 4 is 103 Å². The van der Waals surface area contributed by atoms with Crippen LogP contribution < -0.4 is 0 Å². The number of nitriles is 2. The van der Waals surface area contributed by atoms with E-state index in [1.54, 1.807) is 17.4 Å². The van der Waals surface area contributed by atoms with E-state index in [9.17, 15) is 10.5 Å². The number of aryl methyl sites for hydroxylation is 1. The first-order valence-electron chi connectivity index (χ1n) is 16.7. The van der Waals surface area contributed by atoms with E-state index < -0.39 is 0 Å². The van der Waals surface area contributed by atoms with Gasteiger partial charge in [0, 0.05) is 47.3 Å². The normalized spacial score (nSPS) is 12.9. The Morgan fingerprint density at radius 3 is 1.76 bits per heavy atom. The van der Waals surface area contributed by atoms with Gasteiger partial charge in [-0.05, 0) is 48.7 Å². The minimum absolute atomic E-state index is 0.466. The molecule has 4 aromatic heterocycles. The lowest BCUT2D eigenvalue weighted by Gasteiger charge is -2.16. The fraction of sp³-hybridized carbons (Fsp3) is 0.0455. The molecular formula is C44H24N4S2. The lowest BCUT2D eigenvalue weighted by atomic mass is 10.0. The number of fused-ring (bicyclic) bond motifs is 14. The Hall–Kier alpha value is -6.18. The molecular weight excluding hydrogens is 649 g/mol. The van der Waals surface area contributed by atoms with Crippen molar-refractivity contribution in [2.24, 2.45) is 0 Å². The van der Waals surface area contributed by atoms with Crippen LogP contribution in [0.1, 0.15) is 28.0 Å². The summed E-state index contributed by atoms with van der Waals surface area (Å²) in [6, 6.07) is 43.3. The molecule has 0 bridgehead atoms. The largest absolute Gasteiger partial charge is 0.306 e. The van der Waals surface area contributed by atoms with Crippen molar-refractivity contribution in [1.29, 1.82) is 10.5 Å². The fourth-order valence-electron chi connectivity index (χ4n) is 8.31. The first kappa shape index (κ1) is 27.7. The number of para-hydroxylation sites is 2. The van der Waals surface area contributed by atoms with Crippen LogP contribution in [-0.4, -0.2) is 9.13 Å². The number of hydrogen-bond donors (Lipinski definition) is 0. The zero-order valence-electron chi connectivity index (χ0n) is 26.6. The van der Waals surface area contributed by atoms with Gasteiger partial charge in [-0.2, -0.15) is 10.5 Å². The van der Waals surface area contributed by atoms with Gasteiger partial charge in [-0.3, -0.25) is 0 Å². The lowest BCUT2D eigenvalue weighted by molar-refractivity contribution is 1.02. The first-order valence-corrected chi connectivity index (χ1v) is 18.3. The second-order valence-corrected chi connectivity index (χ2v) is 15.1. The highest BCUT2D eigenvalue weighted by Gasteiger charge is 2.25. The highest BCUT2D eigenvalue weighted by atomic mass is 32.1. The molecule has 232 valence electrons. The van der Waals surface area contributed by atoms with Crippen LogP contribution in [0.15, 0.2) is 115 Å². The second kappa shape index (κ2) is 10.2. The molecule has 0 unspecified atom stereocenters. The van der Waals surface area contributed by atoms with Crippen molar-refractivity contribution in [3.8, 4) is 23.5 Å². The summed E-state index contributed by atoms with van der Waals surface area (Å²) in [5.41, 5.74) is 8.05. The summed E-state index contributed by atoms with van der Waals surface area (Å²) in [6.07, 6.45) is 6.63. The van der Waals surface area contributed by atoms with Crippen LogP contribution in [-0.2, 0) is 6.42 Å². The minimum atomic E-state index is 0.466. The Labute approximate surface area is 294 Å². The van der Waals surface area contributed by atoms with Gasteiger partial charge < -0.3 is 9.13 Å². The van der Waals surface area contributed by atoms with E-state index in [2.05, 4.69) is 137 Å². The van der Waals surface area contributed by atoms with Crippen molar-refractivity contribution in [3.63, 3.8) is 0 Å². The summed E-state index contributed by atoms with van der Waals surface area (Å²) in [6.45, 7) is 0. The van der Waals surface area contributed by atoms with E-state index in [-0.39, 0.29) is 0 Å². The fourth-order valence-corrected chi connectivity index (χ4v) is 10.9. The van der Waals surface area contributed by atoms with E-state index in [4.69, 9.17) is 0 Å². The smallest absolute Gasteiger partial charge is 0.101 e. The zero-order chi connectivity index (χ0) is 33.1. The van der Waals surface area contributed by atoms with Gasteiger partial charge in [0.15, 0.2) is 0 Å². The summed E-state index contributed by atoms with van der Waals surface area (Å²) in [5.74, 6) is 0. The van der Waals surface area contributed by atoms with Gasteiger partial charge in [0.2, 0.25) is 0 Å². The van der Waals surface area contributed by atoms with E-state index in [0.717, 1.165) is 67.8 Å². The SMILES string of the molecule is N#Cc1cc(C#N)c(-n2c3ccccc3c3ccc4c5ccccc5sc4c32)cc1-n1c2ccccc2c2ccc3c4c(sc3c21)CCC=C4. The Balaban J connectivity index is 1.32. The van der Waals surface area contributed by atoms with Crippen LogP contribution in [0.4, 0.5) is 0 Å². The second-order valence-electron chi connectivity index (χ2n) is 13.0. The third kappa shape index (κ3) is 3.56. The van der Waals surface area contributed by atoms with Crippen molar-refractivity contribution in [2.75, 3.05) is 0 Å². The van der Waals surface area contributed by atoms with Gasteiger partial charge in [-0.25, -0.2) is 0 Å². The molecule has 6 heteroatoms. The molecule has 6 aromatic carbocycles. The topological polar surface area (TPSA) is 57.4 Å². The summed E-state index contributed by atoms with van der Waals surface area (Å²) < 4.78 is 8.20. The number of rotatable bonds is 2. The monoisotopic (exact) mass is 672 g/mol. The van der Waals surface area contributed by atoms with Crippen molar-refractivity contribution in [1.82, 2.24) is 9.13 Å². The summed E-state index contributed by atoms with van der Waals surface area (Å²) >= 11 is 3.66. The average Bonchev–Trinajstić information content (AvgIpc) is 3.92. The van der Waals surface area contributed by atoms with Gasteiger partial charge in [0.1, 0.15) is 12.1 Å². The van der Waals surface area contributed by atoms with E-state index >= 15 is 0 Å². The van der Waals surface area contributed by atoms with Crippen molar-refractivity contribution < 1.29 is 0 Å². The van der Waals surface area contributed by atoms with Crippen LogP contribution >= 0.6 is 22.7 Å². The zero-order valence-corrected chi connectivity index (χ0v) is 28.2. The lowest BCUT2D eigenvalue weighted by Crippen LogP contribution is -2.04. The summed E-state index contributed by atoms with van der Waals surface area (Å²) in [5, 5.41) is 29.7. The molecule has 0 atom stereocenters. The number of allylic oxidation sites excluding steroid dienone is 1. The van der Waals surface area contributed by atoms with Crippen LogP contribution in [0.25, 0.3) is 91.3 Å². The summed E-state index contributed by atoms with van der Waals surface area (Å²) in [4.78, 5) is 1.41. The maximum absolute atomic E-state index is 10.7. The minimum Gasteiger partial charge on any atom is -0.306 e. The molecule has 0 radical (unpaired) electrons. The maximum Gasteiger partial charge on any atom is 0.101 e. The third-order valence-electron chi connectivity index (χ3n) is 10.4. The number of hydrogen-bond acceptors (Lipinski definition) is 4. The highest BCUT2D eigenvalue weighted by Crippen LogP contribution is 2.46. The van der Waals surface area contributed by atoms with Gasteiger partial charge >= 0.3 is 0 Å². The Bertz CT molecular complexity index is 3240. The van der Waals surface area contributed by atoms with Crippen LogP contribution in [0, 0.1) is 22.7 Å². The molecule has 50 heavy (non-hydrogen) atoms. The predicted octanol–water partition coefficient (Wildman–Crippen LogP) is 12.2. The standard InChI is InChI=1S/C44H24N4S2/c45-23-25-21-26(24-46)38(48-36-14-6-2-10-28(36)32-18-20-34-30-12-4-8-16-40(30)50-44(34)42(32)48)22-37(25)47-35-13-5-1-9-27(35)31-17-19-33-29-11-3-7-15-39(29)49-43(33)41(31)47/h1-7,9-15,17-22H,8,16H2. The van der Waals surface area contributed by atoms with Crippen molar-refractivity contribution in [2.45, 2.75) is 12.8 Å². The molecule has 10 aromatic rings. The predicted molar refractivity (Wildman–Crippen MR) is 210 cm³/mol. The van der Waals surface area contributed by atoms with Crippen molar-refractivity contribution in [3.05, 3.63) is 137 Å². The molecule has 0 amide bonds. The number of nitrogens with zero attached hydrogens (tertiary/aromatic N) is 4. The molecule has 0 aliphatic heterocycles. The molecule has 0 saturated heterocycles. The number of aromatic nitrogens is 2.